The zero-order chi connectivity index (χ0) is 10.1. The number of halogens is 3. The van der Waals surface area contributed by atoms with Crippen LogP contribution < -0.4 is 0 Å². The second-order valence-corrected chi connectivity index (χ2v) is 2.84. The maximum atomic E-state index is 12.2. The van der Waals surface area contributed by atoms with Crippen molar-refractivity contribution in [2.24, 2.45) is 0 Å². The van der Waals surface area contributed by atoms with Crippen LogP contribution in [0, 0.1) is 0 Å². The standard InChI is InChI=1S/C7H10F3NO2/c1-13-6(12)5-3-2-4-11(5)7(8,9)10/h5H,2-4H2,1H3/t5-/m1/s1. The Morgan fingerprint density at radius 3 is 2.62 bits per heavy atom. The van der Waals surface area contributed by atoms with Crippen LogP contribution in [-0.2, 0) is 9.53 Å². The second kappa shape index (κ2) is 3.53. The number of rotatable bonds is 1. The van der Waals surface area contributed by atoms with Crippen LogP contribution in [0.1, 0.15) is 12.8 Å². The maximum Gasteiger partial charge on any atom is 0.460 e. The fraction of sp³-hybridized carbons (Fsp3) is 0.857. The lowest BCUT2D eigenvalue weighted by atomic mass is 10.2. The summed E-state index contributed by atoms with van der Waals surface area (Å²) in [5, 5.41) is 0. The highest BCUT2D eigenvalue weighted by Crippen LogP contribution is 2.30. The van der Waals surface area contributed by atoms with Crippen molar-refractivity contribution < 1.29 is 22.7 Å². The molecule has 0 radical (unpaired) electrons. The molecule has 0 spiro atoms. The first kappa shape index (κ1) is 10.3. The number of hydrogen-bond donors (Lipinski definition) is 0. The SMILES string of the molecule is COC(=O)[C@H]1CCCN1C(F)(F)F. The molecule has 0 amide bonds. The molecule has 1 heterocycles. The molecule has 0 unspecified atom stereocenters. The molecule has 0 aromatic carbocycles. The summed E-state index contributed by atoms with van der Waals surface area (Å²) >= 11 is 0. The van der Waals surface area contributed by atoms with Crippen molar-refractivity contribution in [3.05, 3.63) is 0 Å². The van der Waals surface area contributed by atoms with Crippen LogP contribution in [0.25, 0.3) is 0 Å². The number of likely N-dealkylation sites (tertiary alicyclic amines) is 1. The molecule has 0 aliphatic carbocycles. The van der Waals surface area contributed by atoms with Crippen molar-refractivity contribution in [1.82, 2.24) is 4.90 Å². The first-order valence-corrected chi connectivity index (χ1v) is 3.88. The van der Waals surface area contributed by atoms with Crippen LogP contribution >= 0.6 is 0 Å². The minimum Gasteiger partial charge on any atom is -0.468 e. The Bertz CT molecular complexity index is 204. The predicted molar refractivity (Wildman–Crippen MR) is 37.8 cm³/mol. The molecular formula is C7H10F3NO2. The van der Waals surface area contributed by atoms with Gasteiger partial charge < -0.3 is 4.74 Å². The van der Waals surface area contributed by atoms with E-state index in [0.29, 0.717) is 6.42 Å². The first-order valence-electron chi connectivity index (χ1n) is 3.88. The van der Waals surface area contributed by atoms with Gasteiger partial charge in [0.1, 0.15) is 6.04 Å². The lowest BCUT2D eigenvalue weighted by Crippen LogP contribution is -2.45. The van der Waals surface area contributed by atoms with E-state index in [9.17, 15) is 18.0 Å². The van der Waals surface area contributed by atoms with E-state index < -0.39 is 18.3 Å². The van der Waals surface area contributed by atoms with Gasteiger partial charge in [-0.05, 0) is 12.8 Å². The number of hydrogen-bond acceptors (Lipinski definition) is 3. The molecule has 1 aliphatic heterocycles. The summed E-state index contributed by atoms with van der Waals surface area (Å²) < 4.78 is 41.0. The van der Waals surface area contributed by atoms with Gasteiger partial charge in [0.2, 0.25) is 0 Å². The molecule has 0 saturated carbocycles. The van der Waals surface area contributed by atoms with Gasteiger partial charge >= 0.3 is 12.3 Å². The molecule has 0 bridgehead atoms. The van der Waals surface area contributed by atoms with Crippen molar-refractivity contribution in [2.45, 2.75) is 25.2 Å². The van der Waals surface area contributed by atoms with Crippen molar-refractivity contribution >= 4 is 5.97 Å². The van der Waals surface area contributed by atoms with E-state index in [2.05, 4.69) is 4.74 Å². The second-order valence-electron chi connectivity index (χ2n) is 2.84. The molecule has 1 saturated heterocycles. The molecule has 1 rings (SSSR count). The number of carbonyl (C=O) groups excluding carboxylic acids is 1. The fourth-order valence-corrected chi connectivity index (χ4v) is 1.45. The quantitative estimate of drug-likeness (QED) is 0.466. The number of nitrogens with zero attached hydrogens (tertiary/aromatic N) is 1. The van der Waals surface area contributed by atoms with Gasteiger partial charge in [-0.1, -0.05) is 0 Å². The lowest BCUT2D eigenvalue weighted by Gasteiger charge is -2.24. The summed E-state index contributed by atoms with van der Waals surface area (Å²) in [6, 6.07) is -1.15. The molecule has 3 nitrogen and oxygen atoms in total. The van der Waals surface area contributed by atoms with Crippen LogP contribution in [0.2, 0.25) is 0 Å². The number of carbonyl (C=O) groups is 1. The summed E-state index contributed by atoms with van der Waals surface area (Å²) in [5.41, 5.74) is 0. The van der Waals surface area contributed by atoms with Crippen LogP contribution in [0.3, 0.4) is 0 Å². The van der Waals surface area contributed by atoms with E-state index in [4.69, 9.17) is 0 Å². The first-order chi connectivity index (χ1) is 5.96. The van der Waals surface area contributed by atoms with E-state index in [1.165, 1.54) is 0 Å². The highest BCUT2D eigenvalue weighted by atomic mass is 19.4. The highest BCUT2D eigenvalue weighted by Gasteiger charge is 2.47. The predicted octanol–water partition coefficient (Wildman–Crippen LogP) is 1.14. The van der Waals surface area contributed by atoms with Crippen LogP contribution in [0.5, 0.6) is 0 Å². The van der Waals surface area contributed by atoms with Gasteiger partial charge in [0, 0.05) is 6.54 Å². The van der Waals surface area contributed by atoms with Gasteiger partial charge in [0.25, 0.3) is 0 Å². The largest absolute Gasteiger partial charge is 0.468 e. The van der Waals surface area contributed by atoms with Crippen LogP contribution in [0.4, 0.5) is 13.2 Å². The summed E-state index contributed by atoms with van der Waals surface area (Å²) in [5.74, 6) is -0.810. The van der Waals surface area contributed by atoms with Gasteiger partial charge in [0.15, 0.2) is 0 Å². The Hall–Kier alpha value is -0.780. The lowest BCUT2D eigenvalue weighted by molar-refractivity contribution is -0.251. The van der Waals surface area contributed by atoms with Gasteiger partial charge in [0.05, 0.1) is 7.11 Å². The molecule has 1 aliphatic rings. The Labute approximate surface area is 73.5 Å². The van der Waals surface area contributed by atoms with Gasteiger partial charge in [-0.3, -0.25) is 4.79 Å². The van der Waals surface area contributed by atoms with E-state index in [1.54, 1.807) is 0 Å². The third-order valence-electron chi connectivity index (χ3n) is 2.05. The van der Waals surface area contributed by atoms with Crippen molar-refractivity contribution in [1.29, 1.82) is 0 Å². The molecule has 6 heteroatoms. The van der Waals surface area contributed by atoms with E-state index >= 15 is 0 Å². The number of alkyl halides is 3. The van der Waals surface area contributed by atoms with Crippen molar-refractivity contribution in [3.63, 3.8) is 0 Å². The normalized spacial score (nSPS) is 24.8. The van der Waals surface area contributed by atoms with Crippen LogP contribution in [-0.4, -0.2) is 36.9 Å². The zero-order valence-electron chi connectivity index (χ0n) is 7.10. The fourth-order valence-electron chi connectivity index (χ4n) is 1.45. The summed E-state index contributed by atoms with van der Waals surface area (Å²) in [6.45, 7) is -0.122. The van der Waals surface area contributed by atoms with Gasteiger partial charge in [-0.25, -0.2) is 4.90 Å². The Morgan fingerprint density at radius 1 is 1.54 bits per heavy atom. The molecule has 1 atom stereocenters. The number of esters is 1. The topological polar surface area (TPSA) is 29.5 Å². The number of methoxy groups -OCH3 is 1. The van der Waals surface area contributed by atoms with Gasteiger partial charge in [-0.2, -0.15) is 13.2 Å². The summed E-state index contributed by atoms with van der Waals surface area (Å²) in [7, 11) is 1.09. The van der Waals surface area contributed by atoms with E-state index in [-0.39, 0.29) is 17.9 Å². The molecule has 76 valence electrons. The number of ether oxygens (including phenoxy) is 1. The minimum atomic E-state index is -4.44. The van der Waals surface area contributed by atoms with Crippen molar-refractivity contribution in [3.8, 4) is 0 Å². The molecule has 13 heavy (non-hydrogen) atoms. The smallest absolute Gasteiger partial charge is 0.460 e. The Balaban J connectivity index is 2.70. The van der Waals surface area contributed by atoms with E-state index in [1.807, 2.05) is 0 Å². The zero-order valence-corrected chi connectivity index (χ0v) is 7.10. The molecule has 1 fully saturated rings. The third kappa shape index (κ3) is 2.12. The van der Waals surface area contributed by atoms with Gasteiger partial charge in [-0.15, -0.1) is 0 Å². The molecule has 0 aromatic heterocycles. The monoisotopic (exact) mass is 197 g/mol. The molecule has 0 aromatic rings. The highest BCUT2D eigenvalue weighted by molar-refractivity contribution is 5.76. The average Bonchev–Trinajstić information content (AvgIpc) is 2.49. The third-order valence-corrected chi connectivity index (χ3v) is 2.05. The minimum absolute atomic E-state index is 0.122. The average molecular weight is 197 g/mol. The van der Waals surface area contributed by atoms with Crippen molar-refractivity contribution in [2.75, 3.05) is 13.7 Å². The summed E-state index contributed by atoms with van der Waals surface area (Å²) in [4.78, 5) is 11.1. The Kier molecular flexibility index (Phi) is 2.80. The maximum absolute atomic E-state index is 12.2. The van der Waals surface area contributed by atoms with Crippen LogP contribution in [0.15, 0.2) is 0 Å². The summed E-state index contributed by atoms with van der Waals surface area (Å²) in [6.07, 6.45) is -3.85. The van der Waals surface area contributed by atoms with E-state index in [0.717, 1.165) is 7.11 Å². The molecular weight excluding hydrogens is 187 g/mol. The molecule has 0 N–H and O–H groups in total. The Morgan fingerprint density at radius 2 is 2.15 bits per heavy atom.